The largest absolute Gasteiger partial charge is 0.320 e. The number of hydrogen-bond donors (Lipinski definition) is 1. The summed E-state index contributed by atoms with van der Waals surface area (Å²) < 4.78 is 0. The summed E-state index contributed by atoms with van der Waals surface area (Å²) in [6.45, 7) is 0. The van der Waals surface area contributed by atoms with Crippen molar-refractivity contribution in [1.82, 2.24) is 4.98 Å². The van der Waals surface area contributed by atoms with Gasteiger partial charge in [-0.1, -0.05) is 35.3 Å². The van der Waals surface area contributed by atoms with Crippen molar-refractivity contribution < 1.29 is 4.79 Å². The third-order valence-corrected chi connectivity index (χ3v) is 3.20. The molecule has 0 fully saturated rings. The Labute approximate surface area is 119 Å². The van der Waals surface area contributed by atoms with Gasteiger partial charge in [-0.2, -0.15) is 0 Å². The maximum absolute atomic E-state index is 11.9. The first-order valence-corrected chi connectivity index (χ1v) is 6.33. The van der Waals surface area contributed by atoms with Gasteiger partial charge in [0.1, 0.15) is 0 Å². The van der Waals surface area contributed by atoms with Crippen LogP contribution in [0.4, 0.5) is 5.69 Å². The van der Waals surface area contributed by atoms with Crippen LogP contribution >= 0.6 is 23.2 Å². The molecule has 2 aromatic rings. The number of nitrogens with one attached hydrogen (secondary N) is 1. The van der Waals surface area contributed by atoms with Gasteiger partial charge in [-0.15, -0.1) is 0 Å². The molecule has 1 aliphatic heterocycles. The zero-order chi connectivity index (χ0) is 13.4. The fourth-order valence-electron chi connectivity index (χ4n) is 1.94. The lowest BCUT2D eigenvalue weighted by Crippen LogP contribution is -2.03. The van der Waals surface area contributed by atoms with E-state index >= 15 is 0 Å². The van der Waals surface area contributed by atoms with E-state index in [1.54, 1.807) is 24.3 Å². The predicted molar refractivity (Wildman–Crippen MR) is 77.2 cm³/mol. The van der Waals surface area contributed by atoms with Crippen LogP contribution < -0.4 is 5.32 Å². The summed E-state index contributed by atoms with van der Waals surface area (Å²) in [5.41, 5.74) is 2.59. The van der Waals surface area contributed by atoms with Crippen LogP contribution in [0.15, 0.2) is 36.5 Å². The number of carbonyl (C=O) groups is 1. The van der Waals surface area contributed by atoms with Crippen molar-refractivity contribution in [3.05, 3.63) is 57.8 Å². The standard InChI is InChI=1S/C14H8Cl2N2O/c15-9-3-1-2-8(4-9)5-11-13-12(18-14(11)19)6-10(16)7-17-13/h1-7H,(H,18,19). The average Bonchev–Trinajstić information content (AvgIpc) is 2.65. The molecule has 0 bridgehead atoms. The monoisotopic (exact) mass is 290 g/mol. The van der Waals surface area contributed by atoms with E-state index in [0.29, 0.717) is 27.0 Å². The van der Waals surface area contributed by atoms with E-state index in [-0.39, 0.29) is 5.91 Å². The third-order valence-electron chi connectivity index (χ3n) is 2.76. The van der Waals surface area contributed by atoms with E-state index in [9.17, 15) is 4.79 Å². The lowest BCUT2D eigenvalue weighted by molar-refractivity contribution is -0.110. The van der Waals surface area contributed by atoms with Gasteiger partial charge in [0.2, 0.25) is 0 Å². The second-order valence-electron chi connectivity index (χ2n) is 4.12. The second kappa shape index (κ2) is 4.68. The van der Waals surface area contributed by atoms with Crippen LogP contribution in [0.3, 0.4) is 0 Å². The zero-order valence-electron chi connectivity index (χ0n) is 9.65. The molecular formula is C14H8Cl2N2O. The van der Waals surface area contributed by atoms with Gasteiger partial charge in [0.25, 0.3) is 5.91 Å². The van der Waals surface area contributed by atoms with Crippen molar-refractivity contribution >= 4 is 46.4 Å². The predicted octanol–water partition coefficient (Wildman–Crippen LogP) is 3.88. The summed E-state index contributed by atoms with van der Waals surface area (Å²) in [4.78, 5) is 16.1. The molecule has 0 saturated carbocycles. The fraction of sp³-hybridized carbons (Fsp3) is 0. The molecule has 5 heteroatoms. The summed E-state index contributed by atoms with van der Waals surface area (Å²) in [6.07, 6.45) is 3.28. The highest BCUT2D eigenvalue weighted by Crippen LogP contribution is 2.33. The summed E-state index contributed by atoms with van der Waals surface area (Å²) >= 11 is 11.8. The fourth-order valence-corrected chi connectivity index (χ4v) is 2.30. The minimum Gasteiger partial charge on any atom is -0.320 e. The number of hydrogen-bond acceptors (Lipinski definition) is 2. The first-order chi connectivity index (χ1) is 9.13. The Morgan fingerprint density at radius 2 is 2.00 bits per heavy atom. The Bertz CT molecular complexity index is 710. The molecular weight excluding hydrogens is 283 g/mol. The molecule has 3 nitrogen and oxygen atoms in total. The van der Waals surface area contributed by atoms with Gasteiger partial charge in [-0.25, -0.2) is 0 Å². The highest BCUT2D eigenvalue weighted by atomic mass is 35.5. The van der Waals surface area contributed by atoms with Crippen molar-refractivity contribution in [3.63, 3.8) is 0 Å². The molecule has 0 radical (unpaired) electrons. The van der Waals surface area contributed by atoms with Gasteiger partial charge in [0.05, 0.1) is 22.0 Å². The van der Waals surface area contributed by atoms with Crippen LogP contribution in [-0.4, -0.2) is 10.9 Å². The number of rotatable bonds is 1. The smallest absolute Gasteiger partial charge is 0.258 e. The van der Waals surface area contributed by atoms with E-state index in [4.69, 9.17) is 23.2 Å². The van der Waals surface area contributed by atoms with Gasteiger partial charge >= 0.3 is 0 Å². The Kier molecular flexibility index (Phi) is 3.01. The molecule has 1 amide bonds. The number of anilines is 1. The molecule has 1 aromatic carbocycles. The number of aromatic nitrogens is 1. The second-order valence-corrected chi connectivity index (χ2v) is 4.99. The van der Waals surface area contributed by atoms with Crippen LogP contribution in [-0.2, 0) is 4.79 Å². The normalized spacial score (nSPS) is 15.5. The summed E-state index contributed by atoms with van der Waals surface area (Å²) in [5, 5.41) is 3.85. The highest BCUT2D eigenvalue weighted by Gasteiger charge is 2.25. The number of pyridine rings is 1. The van der Waals surface area contributed by atoms with Crippen molar-refractivity contribution in [1.29, 1.82) is 0 Å². The van der Waals surface area contributed by atoms with Crippen LogP contribution in [0.2, 0.25) is 10.0 Å². The zero-order valence-corrected chi connectivity index (χ0v) is 11.2. The van der Waals surface area contributed by atoms with Gasteiger partial charge < -0.3 is 5.32 Å². The lowest BCUT2D eigenvalue weighted by Gasteiger charge is -1.99. The van der Waals surface area contributed by atoms with Gasteiger partial charge in [0.15, 0.2) is 0 Å². The van der Waals surface area contributed by atoms with Crippen molar-refractivity contribution in [2.24, 2.45) is 0 Å². The molecule has 3 rings (SSSR count). The minimum atomic E-state index is -0.190. The minimum absolute atomic E-state index is 0.190. The van der Waals surface area contributed by atoms with Crippen molar-refractivity contribution in [2.75, 3.05) is 5.32 Å². The van der Waals surface area contributed by atoms with Crippen molar-refractivity contribution in [3.8, 4) is 0 Å². The van der Waals surface area contributed by atoms with Crippen molar-refractivity contribution in [2.45, 2.75) is 0 Å². The van der Waals surface area contributed by atoms with Gasteiger partial charge in [0, 0.05) is 11.2 Å². The Balaban J connectivity index is 2.09. The van der Waals surface area contributed by atoms with E-state index in [0.717, 1.165) is 5.56 Å². The van der Waals surface area contributed by atoms with Gasteiger partial charge in [-0.05, 0) is 29.8 Å². The van der Waals surface area contributed by atoms with E-state index in [2.05, 4.69) is 10.3 Å². The number of benzene rings is 1. The molecule has 0 unspecified atom stereocenters. The number of fused-ring (bicyclic) bond motifs is 1. The molecule has 0 aliphatic carbocycles. The lowest BCUT2D eigenvalue weighted by atomic mass is 10.1. The molecule has 1 aliphatic rings. The summed E-state index contributed by atoms with van der Waals surface area (Å²) in [5.74, 6) is -0.190. The maximum atomic E-state index is 11.9. The number of carbonyl (C=O) groups excluding carboxylic acids is 1. The van der Waals surface area contributed by atoms with Gasteiger partial charge in [-0.3, -0.25) is 9.78 Å². The van der Waals surface area contributed by atoms with Crippen LogP contribution in [0.25, 0.3) is 11.6 Å². The SMILES string of the molecule is O=C1Nc2cc(Cl)cnc2C1=Cc1cccc(Cl)c1. The third kappa shape index (κ3) is 2.35. The maximum Gasteiger partial charge on any atom is 0.258 e. The molecule has 1 aromatic heterocycles. The molecule has 94 valence electrons. The highest BCUT2D eigenvalue weighted by molar-refractivity contribution is 6.36. The van der Waals surface area contributed by atoms with Crippen LogP contribution in [0.1, 0.15) is 11.3 Å². The molecule has 0 saturated heterocycles. The molecule has 2 heterocycles. The number of halogens is 2. The van der Waals surface area contributed by atoms with E-state index in [1.165, 1.54) is 6.20 Å². The Morgan fingerprint density at radius 3 is 2.79 bits per heavy atom. The first-order valence-electron chi connectivity index (χ1n) is 5.58. The van der Waals surface area contributed by atoms with E-state index in [1.807, 2.05) is 12.1 Å². The molecule has 0 spiro atoms. The molecule has 1 N–H and O–H groups in total. The topological polar surface area (TPSA) is 42.0 Å². The summed E-state index contributed by atoms with van der Waals surface area (Å²) in [7, 11) is 0. The number of nitrogens with zero attached hydrogens (tertiary/aromatic N) is 1. The molecule has 19 heavy (non-hydrogen) atoms. The summed E-state index contributed by atoms with van der Waals surface area (Å²) in [6, 6.07) is 8.96. The Hall–Kier alpha value is -1.84. The van der Waals surface area contributed by atoms with Crippen LogP contribution in [0.5, 0.6) is 0 Å². The van der Waals surface area contributed by atoms with E-state index < -0.39 is 0 Å². The van der Waals surface area contributed by atoms with Crippen LogP contribution in [0, 0.1) is 0 Å². The molecule has 0 atom stereocenters. The average molecular weight is 291 g/mol. The Morgan fingerprint density at radius 1 is 1.16 bits per heavy atom. The quantitative estimate of drug-likeness (QED) is 0.810. The first kappa shape index (κ1) is 12.2. The number of amides is 1.